The Morgan fingerprint density at radius 2 is 1.67 bits per heavy atom. The fraction of sp³-hybridized carbons (Fsp3) is 0.0870. The summed E-state index contributed by atoms with van der Waals surface area (Å²) in [5.74, 6) is -1.26. The molecule has 6 nitrogen and oxygen atoms in total. The van der Waals surface area contributed by atoms with Gasteiger partial charge in [0.1, 0.15) is 17.9 Å². The molecular weight excluding hydrogens is 463 g/mol. The number of benzene rings is 3. The normalized spacial score (nSPS) is 11.5. The van der Waals surface area contributed by atoms with Crippen molar-refractivity contribution in [3.63, 3.8) is 0 Å². The number of halogens is 4. The van der Waals surface area contributed by atoms with Crippen molar-refractivity contribution >= 4 is 28.3 Å². The summed E-state index contributed by atoms with van der Waals surface area (Å²) in [5, 5.41) is 11.0. The molecule has 0 radical (unpaired) electrons. The highest BCUT2D eigenvalue weighted by Gasteiger charge is 2.39. The van der Waals surface area contributed by atoms with Gasteiger partial charge in [-0.05, 0) is 47.5 Å². The van der Waals surface area contributed by atoms with Crippen molar-refractivity contribution in [3.05, 3.63) is 103 Å². The first-order chi connectivity index (χ1) is 15.6. The molecule has 33 heavy (non-hydrogen) atoms. The van der Waals surface area contributed by atoms with Crippen molar-refractivity contribution in [3.8, 4) is 16.9 Å². The van der Waals surface area contributed by atoms with Crippen LogP contribution in [0, 0.1) is 10.1 Å². The maximum absolute atomic E-state index is 13.7. The summed E-state index contributed by atoms with van der Waals surface area (Å²) >= 11 is 5.81. The molecule has 0 amide bonds. The minimum Gasteiger partial charge on any atom is -0.489 e. The summed E-state index contributed by atoms with van der Waals surface area (Å²) in [7, 11) is 0. The molecule has 10 heteroatoms. The molecule has 0 unspecified atom stereocenters. The maximum Gasteiger partial charge on any atom is 0.450 e. The van der Waals surface area contributed by atoms with Gasteiger partial charge in [-0.15, -0.1) is 0 Å². The summed E-state index contributed by atoms with van der Waals surface area (Å²) in [6.07, 6.45) is -4.92. The first-order valence-corrected chi connectivity index (χ1v) is 9.81. The van der Waals surface area contributed by atoms with E-state index in [4.69, 9.17) is 20.8 Å². The van der Waals surface area contributed by atoms with E-state index in [1.807, 2.05) is 0 Å². The summed E-state index contributed by atoms with van der Waals surface area (Å²) in [5.41, 5.74) is -1.18. The van der Waals surface area contributed by atoms with Crippen LogP contribution in [0.3, 0.4) is 0 Å². The zero-order valence-electron chi connectivity index (χ0n) is 16.6. The lowest BCUT2D eigenvalue weighted by Crippen LogP contribution is -2.16. The number of alkyl halides is 3. The van der Waals surface area contributed by atoms with Gasteiger partial charge in [0.15, 0.2) is 0 Å². The maximum atomic E-state index is 13.7. The molecule has 1 heterocycles. The number of hydrogen-bond donors (Lipinski definition) is 0. The zero-order valence-corrected chi connectivity index (χ0v) is 17.3. The summed E-state index contributed by atoms with van der Waals surface area (Å²) in [6, 6.07) is 15.0. The van der Waals surface area contributed by atoms with E-state index in [0.717, 1.165) is 0 Å². The van der Waals surface area contributed by atoms with Gasteiger partial charge in [0.2, 0.25) is 11.2 Å². The van der Waals surface area contributed by atoms with Gasteiger partial charge in [0, 0.05) is 23.2 Å². The number of ether oxygens (including phenoxy) is 1. The summed E-state index contributed by atoms with van der Waals surface area (Å²) in [6.45, 7) is 0.00270. The van der Waals surface area contributed by atoms with Crippen molar-refractivity contribution in [2.75, 3.05) is 0 Å². The van der Waals surface area contributed by atoms with Gasteiger partial charge < -0.3 is 9.15 Å². The number of rotatable bonds is 5. The van der Waals surface area contributed by atoms with Gasteiger partial charge in [-0.3, -0.25) is 14.9 Å². The molecule has 0 saturated heterocycles. The summed E-state index contributed by atoms with van der Waals surface area (Å²) < 4.78 is 51.9. The van der Waals surface area contributed by atoms with E-state index >= 15 is 0 Å². The molecule has 1 aromatic heterocycles. The third kappa shape index (κ3) is 4.68. The predicted octanol–water partition coefficient (Wildman–Crippen LogP) is 6.62. The highest BCUT2D eigenvalue weighted by atomic mass is 35.5. The first kappa shape index (κ1) is 22.3. The molecule has 0 atom stereocenters. The molecule has 168 valence electrons. The van der Waals surface area contributed by atoms with E-state index in [9.17, 15) is 28.1 Å². The van der Waals surface area contributed by atoms with Crippen molar-refractivity contribution < 1.29 is 27.2 Å². The van der Waals surface area contributed by atoms with Crippen LogP contribution >= 0.6 is 11.6 Å². The van der Waals surface area contributed by atoms with Gasteiger partial charge >= 0.3 is 6.18 Å². The van der Waals surface area contributed by atoms with E-state index in [1.54, 1.807) is 0 Å². The highest BCUT2D eigenvalue weighted by Crippen LogP contribution is 2.38. The average Bonchev–Trinajstić information content (AvgIpc) is 2.78. The standard InChI is InChI=1S/C23H13ClF3NO5/c24-15-5-3-14(4-6-15)20-21(29)18-10-9-17(11-19(18)33-22(20)23(25,26)27)32-12-13-1-7-16(8-2-13)28(30)31/h1-11H,12H2. The van der Waals surface area contributed by atoms with Crippen molar-refractivity contribution in [1.29, 1.82) is 0 Å². The number of hydrogen-bond acceptors (Lipinski definition) is 5. The number of nitro benzene ring substituents is 1. The fourth-order valence-electron chi connectivity index (χ4n) is 3.22. The Morgan fingerprint density at radius 3 is 2.27 bits per heavy atom. The largest absolute Gasteiger partial charge is 0.489 e. The molecule has 0 aliphatic carbocycles. The first-order valence-electron chi connectivity index (χ1n) is 9.43. The Balaban J connectivity index is 1.72. The van der Waals surface area contributed by atoms with E-state index in [-0.39, 0.29) is 34.6 Å². The molecule has 0 aliphatic heterocycles. The minimum absolute atomic E-state index is 0.00270. The van der Waals surface area contributed by atoms with Gasteiger partial charge in [-0.2, -0.15) is 13.2 Å². The molecule has 4 aromatic rings. The number of nitro groups is 1. The number of non-ortho nitro benzene ring substituents is 1. The predicted molar refractivity (Wildman–Crippen MR) is 115 cm³/mol. The lowest BCUT2D eigenvalue weighted by atomic mass is 10.0. The quantitative estimate of drug-likeness (QED) is 0.239. The van der Waals surface area contributed by atoms with E-state index in [2.05, 4.69) is 0 Å². The SMILES string of the molecule is O=c1c(-c2ccc(Cl)cc2)c(C(F)(F)F)oc2cc(OCc3ccc([N+](=O)[O-])cc3)ccc12. The van der Waals surface area contributed by atoms with E-state index < -0.39 is 27.9 Å². The molecule has 0 N–H and O–H groups in total. The molecule has 0 saturated carbocycles. The van der Waals surface area contributed by atoms with Gasteiger partial charge in [-0.25, -0.2) is 0 Å². The fourth-order valence-corrected chi connectivity index (χ4v) is 3.35. The van der Waals surface area contributed by atoms with Crippen molar-refractivity contribution in [1.82, 2.24) is 0 Å². The monoisotopic (exact) mass is 475 g/mol. The molecule has 0 aliphatic rings. The third-order valence-electron chi connectivity index (χ3n) is 4.81. The zero-order chi connectivity index (χ0) is 23.8. The minimum atomic E-state index is -4.92. The molecular formula is C23H13ClF3NO5. The second-order valence-electron chi connectivity index (χ2n) is 7.01. The lowest BCUT2D eigenvalue weighted by molar-refractivity contribution is -0.384. The van der Waals surface area contributed by atoms with Crippen LogP contribution in [0.15, 0.2) is 75.9 Å². The Hall–Kier alpha value is -3.85. The smallest absolute Gasteiger partial charge is 0.450 e. The second-order valence-corrected chi connectivity index (χ2v) is 7.45. The molecule has 4 rings (SSSR count). The molecule has 0 fully saturated rings. The third-order valence-corrected chi connectivity index (χ3v) is 5.06. The Morgan fingerprint density at radius 1 is 1.00 bits per heavy atom. The van der Waals surface area contributed by atoms with Crippen molar-refractivity contribution in [2.45, 2.75) is 12.8 Å². The highest BCUT2D eigenvalue weighted by molar-refractivity contribution is 6.30. The average molecular weight is 476 g/mol. The van der Waals surface area contributed by atoms with Crippen LogP contribution < -0.4 is 10.2 Å². The number of nitrogens with zero attached hydrogens (tertiary/aromatic N) is 1. The Bertz CT molecular complexity index is 1400. The lowest BCUT2D eigenvalue weighted by Gasteiger charge is -2.13. The van der Waals surface area contributed by atoms with Gasteiger partial charge in [0.25, 0.3) is 5.69 Å². The van der Waals surface area contributed by atoms with Gasteiger partial charge in [0.05, 0.1) is 15.9 Å². The summed E-state index contributed by atoms with van der Waals surface area (Å²) in [4.78, 5) is 23.2. The van der Waals surface area contributed by atoms with Crippen LogP contribution in [-0.4, -0.2) is 4.92 Å². The van der Waals surface area contributed by atoms with Crippen molar-refractivity contribution in [2.24, 2.45) is 0 Å². The van der Waals surface area contributed by atoms with Crippen LogP contribution in [0.5, 0.6) is 5.75 Å². The van der Waals surface area contributed by atoms with E-state index in [1.165, 1.54) is 66.7 Å². The Kier molecular flexibility index (Phi) is 5.82. The topological polar surface area (TPSA) is 82.6 Å². The molecule has 0 bridgehead atoms. The van der Waals surface area contributed by atoms with Crippen LogP contribution in [0.2, 0.25) is 5.02 Å². The van der Waals surface area contributed by atoms with E-state index in [0.29, 0.717) is 10.6 Å². The van der Waals surface area contributed by atoms with Crippen LogP contribution in [-0.2, 0) is 12.8 Å². The van der Waals surface area contributed by atoms with Crippen LogP contribution in [0.4, 0.5) is 18.9 Å². The van der Waals surface area contributed by atoms with Gasteiger partial charge in [-0.1, -0.05) is 23.7 Å². The van der Waals surface area contributed by atoms with Crippen LogP contribution in [0.25, 0.3) is 22.1 Å². The van der Waals surface area contributed by atoms with Crippen LogP contribution in [0.1, 0.15) is 11.3 Å². The second kappa shape index (κ2) is 8.59. The number of fused-ring (bicyclic) bond motifs is 1. The molecule has 3 aromatic carbocycles. The molecule has 0 spiro atoms. The Labute approximate surface area is 188 Å².